The monoisotopic (exact) mass is 544 g/mol. The van der Waals surface area contributed by atoms with Gasteiger partial charge in [0.2, 0.25) is 5.91 Å². The van der Waals surface area contributed by atoms with Crippen molar-refractivity contribution in [3.05, 3.63) is 23.9 Å². The molecule has 2 aliphatic heterocycles. The van der Waals surface area contributed by atoms with Gasteiger partial charge in [-0.15, -0.1) is 24.0 Å². The van der Waals surface area contributed by atoms with Crippen LogP contribution < -0.4 is 10.6 Å². The number of nitrogens with zero attached hydrogens (tertiary/aromatic N) is 4. The fourth-order valence-corrected chi connectivity index (χ4v) is 3.55. The van der Waals surface area contributed by atoms with Crippen molar-refractivity contribution in [1.29, 1.82) is 0 Å². The molecule has 0 bridgehead atoms. The van der Waals surface area contributed by atoms with Crippen molar-refractivity contribution in [2.24, 2.45) is 4.99 Å². The SMILES string of the molecule is CCNC(=NCCC(=O)Nc1ccc(C)cn1)N1CCN(C(=O)C2CCCO2)CC1.I. The van der Waals surface area contributed by atoms with E-state index < -0.39 is 0 Å². The molecule has 1 atom stereocenters. The predicted molar refractivity (Wildman–Crippen MR) is 131 cm³/mol. The zero-order valence-corrected chi connectivity index (χ0v) is 20.6. The quantitative estimate of drug-likeness (QED) is 0.321. The Hall–Kier alpha value is -1.95. The number of aryl methyl sites for hydroxylation is 1. The molecule has 2 saturated heterocycles. The molecular formula is C21H33IN6O3. The first kappa shape index (κ1) is 25.3. The lowest BCUT2D eigenvalue weighted by atomic mass is 10.2. The number of ether oxygens (including phenoxy) is 1. The molecule has 31 heavy (non-hydrogen) atoms. The van der Waals surface area contributed by atoms with Crippen molar-refractivity contribution in [1.82, 2.24) is 20.1 Å². The second-order valence-corrected chi connectivity index (χ2v) is 7.57. The fraction of sp³-hybridized carbons (Fsp3) is 0.619. The summed E-state index contributed by atoms with van der Waals surface area (Å²) >= 11 is 0. The van der Waals surface area contributed by atoms with E-state index in [2.05, 4.69) is 25.5 Å². The Balaban J connectivity index is 0.00000341. The summed E-state index contributed by atoms with van der Waals surface area (Å²) in [6, 6.07) is 3.70. The highest BCUT2D eigenvalue weighted by Gasteiger charge is 2.30. The van der Waals surface area contributed by atoms with E-state index >= 15 is 0 Å². The van der Waals surface area contributed by atoms with Crippen molar-refractivity contribution >= 4 is 47.6 Å². The Labute approximate surface area is 201 Å². The van der Waals surface area contributed by atoms with Crippen LogP contribution in [0.15, 0.2) is 23.3 Å². The Kier molecular flexibility index (Phi) is 10.4. The van der Waals surface area contributed by atoms with Crippen molar-refractivity contribution in [2.45, 2.75) is 39.2 Å². The van der Waals surface area contributed by atoms with E-state index in [1.807, 2.05) is 24.8 Å². The minimum atomic E-state index is -0.264. The molecule has 2 amide bonds. The zero-order chi connectivity index (χ0) is 21.3. The highest BCUT2D eigenvalue weighted by atomic mass is 127. The number of guanidine groups is 1. The number of anilines is 1. The van der Waals surface area contributed by atoms with Gasteiger partial charge in [0.25, 0.3) is 5.91 Å². The highest BCUT2D eigenvalue weighted by Crippen LogP contribution is 2.16. The van der Waals surface area contributed by atoms with E-state index in [0.717, 1.165) is 30.9 Å². The molecule has 0 aromatic carbocycles. The van der Waals surface area contributed by atoms with Gasteiger partial charge in [0.1, 0.15) is 11.9 Å². The van der Waals surface area contributed by atoms with Gasteiger partial charge in [0.15, 0.2) is 5.96 Å². The number of hydrogen-bond acceptors (Lipinski definition) is 5. The number of rotatable bonds is 6. The lowest BCUT2D eigenvalue weighted by molar-refractivity contribution is -0.142. The number of pyridine rings is 1. The molecule has 0 radical (unpaired) electrons. The third-order valence-electron chi connectivity index (χ3n) is 5.21. The van der Waals surface area contributed by atoms with Crippen LogP contribution in [0.4, 0.5) is 5.82 Å². The van der Waals surface area contributed by atoms with Gasteiger partial charge in [-0.2, -0.15) is 0 Å². The number of hydrogen-bond donors (Lipinski definition) is 2. The maximum Gasteiger partial charge on any atom is 0.251 e. The smallest absolute Gasteiger partial charge is 0.251 e. The summed E-state index contributed by atoms with van der Waals surface area (Å²) in [6.07, 6.45) is 3.52. The molecular weight excluding hydrogens is 511 g/mol. The number of nitrogens with one attached hydrogen (secondary N) is 2. The molecule has 10 heteroatoms. The molecule has 0 aliphatic carbocycles. The lowest BCUT2D eigenvalue weighted by Crippen LogP contribution is -2.55. The Morgan fingerprint density at radius 2 is 1.97 bits per heavy atom. The average molecular weight is 544 g/mol. The van der Waals surface area contributed by atoms with Gasteiger partial charge in [0, 0.05) is 51.9 Å². The topological polar surface area (TPSA) is 99.2 Å². The van der Waals surface area contributed by atoms with Crippen molar-refractivity contribution < 1.29 is 14.3 Å². The van der Waals surface area contributed by atoms with E-state index in [1.165, 1.54) is 0 Å². The van der Waals surface area contributed by atoms with Gasteiger partial charge in [-0.05, 0) is 38.3 Å². The third kappa shape index (κ3) is 7.60. The maximum absolute atomic E-state index is 12.5. The number of piperazine rings is 1. The first-order chi connectivity index (χ1) is 14.6. The van der Waals surface area contributed by atoms with E-state index in [1.54, 1.807) is 12.3 Å². The van der Waals surface area contributed by atoms with Crippen molar-refractivity contribution in [3.63, 3.8) is 0 Å². The Bertz CT molecular complexity index is 744. The van der Waals surface area contributed by atoms with Gasteiger partial charge in [-0.25, -0.2) is 4.98 Å². The van der Waals surface area contributed by atoms with Crippen LogP contribution in [-0.2, 0) is 14.3 Å². The average Bonchev–Trinajstić information content (AvgIpc) is 3.29. The summed E-state index contributed by atoms with van der Waals surface area (Å²) < 4.78 is 5.52. The summed E-state index contributed by atoms with van der Waals surface area (Å²) in [5.74, 6) is 1.32. The van der Waals surface area contributed by atoms with Crippen LogP contribution >= 0.6 is 24.0 Å². The van der Waals surface area contributed by atoms with Crippen LogP contribution in [0.2, 0.25) is 0 Å². The van der Waals surface area contributed by atoms with Crippen LogP contribution in [0.25, 0.3) is 0 Å². The van der Waals surface area contributed by atoms with E-state index in [0.29, 0.717) is 45.1 Å². The number of carbonyl (C=O) groups is 2. The third-order valence-corrected chi connectivity index (χ3v) is 5.21. The van der Waals surface area contributed by atoms with Crippen LogP contribution in [0.3, 0.4) is 0 Å². The van der Waals surface area contributed by atoms with Gasteiger partial charge in [-0.3, -0.25) is 14.6 Å². The molecule has 2 N–H and O–H groups in total. The minimum Gasteiger partial charge on any atom is -0.368 e. The van der Waals surface area contributed by atoms with E-state index in [9.17, 15) is 9.59 Å². The molecule has 0 spiro atoms. The van der Waals surface area contributed by atoms with Crippen LogP contribution in [-0.4, -0.2) is 84.5 Å². The molecule has 172 valence electrons. The maximum atomic E-state index is 12.5. The number of aliphatic imine (C=N–C) groups is 1. The summed E-state index contributed by atoms with van der Waals surface area (Å²) in [7, 11) is 0. The number of halogens is 1. The molecule has 3 heterocycles. The van der Waals surface area contributed by atoms with Gasteiger partial charge in [-0.1, -0.05) is 6.07 Å². The molecule has 2 fully saturated rings. The van der Waals surface area contributed by atoms with E-state index in [4.69, 9.17) is 4.74 Å². The number of aromatic nitrogens is 1. The Morgan fingerprint density at radius 3 is 2.58 bits per heavy atom. The minimum absolute atomic E-state index is 0. The van der Waals surface area contributed by atoms with Crippen LogP contribution in [0.1, 0.15) is 31.7 Å². The van der Waals surface area contributed by atoms with Gasteiger partial charge in [0.05, 0.1) is 6.54 Å². The molecule has 0 saturated carbocycles. The Morgan fingerprint density at radius 1 is 1.23 bits per heavy atom. The molecule has 1 aromatic heterocycles. The molecule has 1 unspecified atom stereocenters. The second-order valence-electron chi connectivity index (χ2n) is 7.57. The standard InChI is InChI=1S/C21H32N6O3.HI/c1-3-22-21(23-9-8-19(28)25-18-7-6-16(2)15-24-18)27-12-10-26(11-13-27)20(29)17-5-4-14-30-17;/h6-7,15,17H,3-5,8-14H2,1-2H3,(H,22,23)(H,24,25,28);1H. The summed E-state index contributed by atoms with van der Waals surface area (Å²) in [5.41, 5.74) is 1.05. The molecule has 1 aromatic rings. The first-order valence-corrected chi connectivity index (χ1v) is 10.7. The van der Waals surface area contributed by atoms with Crippen molar-refractivity contribution in [2.75, 3.05) is 51.2 Å². The largest absolute Gasteiger partial charge is 0.368 e. The molecule has 9 nitrogen and oxygen atoms in total. The summed E-state index contributed by atoms with van der Waals surface area (Å²) in [4.78, 5) is 37.5. The lowest BCUT2D eigenvalue weighted by Gasteiger charge is -2.37. The van der Waals surface area contributed by atoms with Gasteiger partial charge < -0.3 is 25.2 Å². The zero-order valence-electron chi connectivity index (χ0n) is 18.3. The normalized spacial score (nSPS) is 19.0. The number of carbonyl (C=O) groups excluding carboxylic acids is 2. The van der Waals surface area contributed by atoms with Crippen molar-refractivity contribution in [3.8, 4) is 0 Å². The fourth-order valence-electron chi connectivity index (χ4n) is 3.55. The van der Waals surface area contributed by atoms with Gasteiger partial charge >= 0.3 is 0 Å². The summed E-state index contributed by atoms with van der Waals surface area (Å²) in [5, 5.41) is 6.07. The predicted octanol–water partition coefficient (Wildman–Crippen LogP) is 1.63. The first-order valence-electron chi connectivity index (χ1n) is 10.7. The van der Waals surface area contributed by atoms with E-state index in [-0.39, 0.29) is 48.3 Å². The number of amides is 2. The second kappa shape index (κ2) is 12.8. The van der Waals surface area contributed by atoms with Crippen LogP contribution in [0, 0.1) is 6.92 Å². The molecule has 3 rings (SSSR count). The van der Waals surface area contributed by atoms with Crippen LogP contribution in [0.5, 0.6) is 0 Å². The molecule has 2 aliphatic rings. The summed E-state index contributed by atoms with van der Waals surface area (Å²) in [6.45, 7) is 8.51. The highest BCUT2D eigenvalue weighted by molar-refractivity contribution is 14.0.